The van der Waals surface area contributed by atoms with Crippen LogP contribution in [-0.2, 0) is 16.0 Å². The van der Waals surface area contributed by atoms with Crippen molar-refractivity contribution < 1.29 is 27.8 Å². The number of benzene rings is 1. The number of carbonyl (C=O) groups is 2. The first-order valence-electron chi connectivity index (χ1n) is 14.0. The molecule has 4 atom stereocenters. The predicted octanol–water partition coefficient (Wildman–Crippen LogP) is 5.14. The van der Waals surface area contributed by atoms with Gasteiger partial charge in [-0.3, -0.25) is 9.59 Å². The molecule has 11 heteroatoms. The third kappa shape index (κ3) is 9.54. The highest BCUT2D eigenvalue weighted by Gasteiger charge is 2.44. The highest BCUT2D eigenvalue weighted by molar-refractivity contribution is 5.86. The average molecular weight is 577 g/mol. The lowest BCUT2D eigenvalue weighted by Gasteiger charge is -2.30. The molecule has 0 spiro atoms. The normalized spacial score (nSPS) is 18.3. The van der Waals surface area contributed by atoms with Crippen molar-refractivity contribution in [3.8, 4) is 5.75 Å². The number of amides is 2. The summed E-state index contributed by atoms with van der Waals surface area (Å²) >= 11 is 0. The maximum Gasteiger partial charge on any atom is 0.408 e. The minimum absolute atomic E-state index is 0.0549. The lowest BCUT2D eigenvalue weighted by Crippen LogP contribution is -2.54. The summed E-state index contributed by atoms with van der Waals surface area (Å²) in [4.78, 5) is 44.5. The van der Waals surface area contributed by atoms with Crippen molar-refractivity contribution in [1.29, 1.82) is 0 Å². The van der Waals surface area contributed by atoms with E-state index in [1.54, 1.807) is 18.2 Å². The SMILES string of the molecule is C=C[C@H](C)CCNC(=O)[C@@H](NC(=O)O[C@@H]1C[C@H]1CCC(F)(F)CCc1nc2ccc(OC)cc2[nH]c1=O)C(C)(C)C. The second-order valence-corrected chi connectivity index (χ2v) is 12.0. The zero-order chi connectivity index (χ0) is 30.4. The lowest BCUT2D eigenvalue weighted by atomic mass is 9.86. The van der Waals surface area contributed by atoms with E-state index in [-0.39, 0.29) is 36.3 Å². The number of aromatic amines is 1. The fourth-order valence-corrected chi connectivity index (χ4v) is 4.50. The van der Waals surface area contributed by atoms with Gasteiger partial charge in [-0.1, -0.05) is 33.8 Å². The van der Waals surface area contributed by atoms with E-state index in [2.05, 4.69) is 27.2 Å². The van der Waals surface area contributed by atoms with E-state index in [1.807, 2.05) is 33.8 Å². The Bertz CT molecular complexity index is 1290. The number of aromatic nitrogens is 2. The Morgan fingerprint density at radius 3 is 2.66 bits per heavy atom. The maximum atomic E-state index is 14.7. The summed E-state index contributed by atoms with van der Waals surface area (Å²) < 4.78 is 39.9. The number of nitrogens with zero attached hydrogens (tertiary/aromatic N) is 1. The molecule has 1 aromatic heterocycles. The topological polar surface area (TPSA) is 122 Å². The van der Waals surface area contributed by atoms with Crippen molar-refractivity contribution in [1.82, 2.24) is 20.6 Å². The number of alkyl halides is 2. The van der Waals surface area contributed by atoms with Gasteiger partial charge in [0.15, 0.2) is 0 Å². The molecule has 0 saturated heterocycles. The van der Waals surface area contributed by atoms with E-state index in [0.29, 0.717) is 29.7 Å². The molecule has 0 unspecified atom stereocenters. The minimum Gasteiger partial charge on any atom is -0.497 e. The van der Waals surface area contributed by atoms with Crippen molar-refractivity contribution in [3.05, 3.63) is 46.9 Å². The van der Waals surface area contributed by atoms with Crippen molar-refractivity contribution in [2.45, 2.75) is 84.3 Å². The monoisotopic (exact) mass is 576 g/mol. The van der Waals surface area contributed by atoms with E-state index in [9.17, 15) is 23.2 Å². The Kier molecular flexibility index (Phi) is 10.5. The van der Waals surface area contributed by atoms with Gasteiger partial charge in [-0.25, -0.2) is 18.6 Å². The standard InChI is InChI=1S/C30H42F2N4O5/c1-7-18(2)12-15-33-27(38)25(29(3,4)5)36-28(39)41-24-16-19(24)10-13-30(31,32)14-11-22-26(37)35-23-17-20(40-6)8-9-21(23)34-22/h7-9,17-19,24-25H,1,10-16H2,2-6H3,(H,33,38)(H,35,37)(H,36,39)/t18-,19+,24+,25+/m0/s1. The van der Waals surface area contributed by atoms with Crippen LogP contribution in [0.15, 0.2) is 35.6 Å². The summed E-state index contributed by atoms with van der Waals surface area (Å²) in [5, 5.41) is 5.49. The van der Waals surface area contributed by atoms with Gasteiger partial charge < -0.3 is 25.1 Å². The van der Waals surface area contributed by atoms with Gasteiger partial charge >= 0.3 is 6.09 Å². The van der Waals surface area contributed by atoms with Crippen LogP contribution in [-0.4, -0.2) is 53.7 Å². The molecule has 0 aliphatic heterocycles. The lowest BCUT2D eigenvalue weighted by molar-refractivity contribution is -0.125. The third-order valence-electron chi connectivity index (χ3n) is 7.39. The summed E-state index contributed by atoms with van der Waals surface area (Å²) in [6.45, 7) is 11.7. The zero-order valence-electron chi connectivity index (χ0n) is 24.5. The Hall–Kier alpha value is -3.50. The van der Waals surface area contributed by atoms with Crippen LogP contribution in [0.25, 0.3) is 11.0 Å². The van der Waals surface area contributed by atoms with Crippen molar-refractivity contribution in [2.24, 2.45) is 17.3 Å². The molecule has 1 heterocycles. The molecule has 3 N–H and O–H groups in total. The van der Waals surface area contributed by atoms with Gasteiger partial charge in [-0.15, -0.1) is 6.58 Å². The number of fused-ring (bicyclic) bond motifs is 1. The van der Waals surface area contributed by atoms with Gasteiger partial charge in [-0.05, 0) is 48.6 Å². The van der Waals surface area contributed by atoms with Crippen molar-refractivity contribution in [2.75, 3.05) is 13.7 Å². The molecule has 0 radical (unpaired) electrons. The number of ether oxygens (including phenoxy) is 2. The second kappa shape index (κ2) is 13.4. The predicted molar refractivity (Wildman–Crippen MR) is 153 cm³/mol. The van der Waals surface area contributed by atoms with Crippen LogP contribution in [0.3, 0.4) is 0 Å². The van der Waals surface area contributed by atoms with Crippen LogP contribution in [0, 0.1) is 17.3 Å². The van der Waals surface area contributed by atoms with Crippen LogP contribution in [0.2, 0.25) is 0 Å². The van der Waals surface area contributed by atoms with Crippen molar-refractivity contribution >= 4 is 23.0 Å². The maximum absolute atomic E-state index is 14.7. The number of rotatable bonds is 14. The molecule has 1 aliphatic rings. The molecule has 226 valence electrons. The number of hydrogen-bond donors (Lipinski definition) is 3. The average Bonchev–Trinajstić information content (AvgIpc) is 3.65. The number of halogens is 2. The summed E-state index contributed by atoms with van der Waals surface area (Å²) in [6.07, 6.45) is 0.932. The number of methoxy groups -OCH3 is 1. The van der Waals surface area contributed by atoms with Gasteiger partial charge in [0.05, 0.1) is 18.1 Å². The Morgan fingerprint density at radius 1 is 1.27 bits per heavy atom. The number of aryl methyl sites for hydroxylation is 1. The van der Waals surface area contributed by atoms with Gasteiger partial charge in [0, 0.05) is 31.9 Å². The van der Waals surface area contributed by atoms with Gasteiger partial charge in [0.1, 0.15) is 23.6 Å². The summed E-state index contributed by atoms with van der Waals surface area (Å²) in [5.41, 5.74) is -0.0436. The molecular formula is C30H42F2N4O5. The first-order chi connectivity index (χ1) is 19.2. The van der Waals surface area contributed by atoms with Crippen LogP contribution < -0.4 is 20.9 Å². The number of alkyl carbamates (subject to hydrolysis) is 1. The van der Waals surface area contributed by atoms with E-state index in [0.717, 1.165) is 6.42 Å². The second-order valence-electron chi connectivity index (χ2n) is 12.0. The molecule has 1 aliphatic carbocycles. The van der Waals surface area contributed by atoms with Gasteiger partial charge in [0.2, 0.25) is 11.8 Å². The fourth-order valence-electron chi connectivity index (χ4n) is 4.50. The van der Waals surface area contributed by atoms with Gasteiger partial charge in [0.25, 0.3) is 5.56 Å². The highest BCUT2D eigenvalue weighted by Crippen LogP contribution is 2.41. The molecule has 1 aromatic carbocycles. The fraction of sp³-hybridized carbons (Fsp3) is 0.600. The Labute approximate surface area is 239 Å². The molecule has 3 rings (SSSR count). The minimum atomic E-state index is -3.00. The molecule has 1 fully saturated rings. The number of hydrogen-bond acceptors (Lipinski definition) is 6. The number of H-pyrrole nitrogens is 1. The number of allylic oxidation sites excluding steroid dienone is 1. The van der Waals surface area contributed by atoms with E-state index in [4.69, 9.17) is 9.47 Å². The Morgan fingerprint density at radius 2 is 2.00 bits per heavy atom. The molecule has 9 nitrogen and oxygen atoms in total. The molecule has 0 bridgehead atoms. The molecule has 1 saturated carbocycles. The first kappa shape index (κ1) is 32.0. The molecular weight excluding hydrogens is 534 g/mol. The number of nitrogens with one attached hydrogen (secondary N) is 3. The van der Waals surface area contributed by atoms with Crippen molar-refractivity contribution in [3.63, 3.8) is 0 Å². The Balaban J connectivity index is 1.45. The third-order valence-corrected chi connectivity index (χ3v) is 7.39. The van der Waals surface area contributed by atoms with Crippen LogP contribution in [0.5, 0.6) is 5.75 Å². The highest BCUT2D eigenvalue weighted by atomic mass is 19.3. The summed E-state index contributed by atoms with van der Waals surface area (Å²) in [7, 11) is 1.51. The number of carbonyl (C=O) groups excluding carboxylic acids is 2. The van der Waals surface area contributed by atoms with Crippen LogP contribution in [0.4, 0.5) is 13.6 Å². The van der Waals surface area contributed by atoms with Crippen LogP contribution in [0.1, 0.15) is 65.5 Å². The largest absolute Gasteiger partial charge is 0.497 e. The summed E-state index contributed by atoms with van der Waals surface area (Å²) in [5.74, 6) is -2.68. The quantitative estimate of drug-likeness (QED) is 0.268. The molecule has 2 aromatic rings. The first-order valence-corrected chi connectivity index (χ1v) is 14.0. The smallest absolute Gasteiger partial charge is 0.408 e. The summed E-state index contributed by atoms with van der Waals surface area (Å²) in [6, 6.07) is 4.16. The molecule has 41 heavy (non-hydrogen) atoms. The van der Waals surface area contributed by atoms with E-state index < -0.39 is 48.0 Å². The molecule has 2 amide bonds. The zero-order valence-corrected chi connectivity index (χ0v) is 24.5. The van der Waals surface area contributed by atoms with Gasteiger partial charge in [-0.2, -0.15) is 0 Å². The van der Waals surface area contributed by atoms with Crippen LogP contribution >= 0.6 is 0 Å². The van der Waals surface area contributed by atoms with E-state index in [1.165, 1.54) is 7.11 Å². The van der Waals surface area contributed by atoms with E-state index >= 15 is 0 Å².